The van der Waals surface area contributed by atoms with Crippen molar-refractivity contribution < 1.29 is 4.74 Å². The van der Waals surface area contributed by atoms with Gasteiger partial charge in [-0.1, -0.05) is 25.7 Å². The largest absolute Gasteiger partial charge is 0.495 e. The lowest BCUT2D eigenvalue weighted by molar-refractivity contribution is 0.0344. The van der Waals surface area contributed by atoms with Gasteiger partial charge in [-0.05, 0) is 31.6 Å². The second-order valence-corrected chi connectivity index (χ2v) is 4.52. The molecule has 1 saturated heterocycles. The third-order valence-corrected chi connectivity index (χ3v) is 3.52. The average Bonchev–Trinajstić information content (AvgIpc) is 2.42. The summed E-state index contributed by atoms with van der Waals surface area (Å²) in [7, 11) is 0. The van der Waals surface area contributed by atoms with E-state index in [2.05, 4.69) is 25.7 Å². The van der Waals surface area contributed by atoms with Crippen molar-refractivity contribution in [3.63, 3.8) is 0 Å². The molecular formula is C13H20O. The number of allylic oxidation sites excluding steroid dienone is 3. The molecule has 1 heteroatoms. The summed E-state index contributed by atoms with van der Waals surface area (Å²) in [6.07, 6.45) is 11.1. The molecule has 2 fully saturated rings. The third kappa shape index (κ3) is 1.87. The Morgan fingerprint density at radius 2 is 2.29 bits per heavy atom. The van der Waals surface area contributed by atoms with Crippen LogP contribution in [0.2, 0.25) is 0 Å². The van der Waals surface area contributed by atoms with Gasteiger partial charge in [-0.25, -0.2) is 0 Å². The summed E-state index contributed by atoms with van der Waals surface area (Å²) in [5, 5.41) is 0. The van der Waals surface area contributed by atoms with Gasteiger partial charge in [-0.3, -0.25) is 0 Å². The Bertz CT molecular complexity index is 226. The predicted octanol–water partition coefficient (Wildman–Crippen LogP) is 3.67. The molecule has 1 aliphatic carbocycles. The zero-order valence-corrected chi connectivity index (χ0v) is 9.04. The molecule has 14 heavy (non-hydrogen) atoms. The number of ether oxygens (including phenoxy) is 1. The minimum atomic E-state index is 0.475. The lowest BCUT2D eigenvalue weighted by Gasteiger charge is -2.31. The molecule has 0 aromatic heterocycles. The van der Waals surface area contributed by atoms with Crippen molar-refractivity contribution in [2.75, 3.05) is 0 Å². The maximum Gasteiger partial charge on any atom is 0.102 e. The van der Waals surface area contributed by atoms with E-state index in [4.69, 9.17) is 4.74 Å². The molecule has 0 amide bonds. The first-order valence-electron chi connectivity index (χ1n) is 5.80. The molecule has 0 radical (unpaired) electrons. The van der Waals surface area contributed by atoms with Crippen LogP contribution in [0.15, 0.2) is 24.5 Å². The second-order valence-electron chi connectivity index (χ2n) is 4.52. The fourth-order valence-corrected chi connectivity index (χ4v) is 2.83. The van der Waals surface area contributed by atoms with Crippen LogP contribution in [0.4, 0.5) is 0 Å². The smallest absolute Gasteiger partial charge is 0.102 e. The van der Waals surface area contributed by atoms with Gasteiger partial charge in [-0.2, -0.15) is 0 Å². The van der Waals surface area contributed by atoms with E-state index in [9.17, 15) is 0 Å². The molecule has 3 unspecified atom stereocenters. The maximum absolute atomic E-state index is 5.79. The molecule has 0 aromatic carbocycles. The van der Waals surface area contributed by atoms with Crippen molar-refractivity contribution in [1.29, 1.82) is 0 Å². The highest BCUT2D eigenvalue weighted by Crippen LogP contribution is 2.45. The molecule has 1 saturated carbocycles. The molecule has 78 valence electrons. The Kier molecular flexibility index (Phi) is 2.95. The fourth-order valence-electron chi connectivity index (χ4n) is 2.83. The second kappa shape index (κ2) is 4.20. The topological polar surface area (TPSA) is 9.23 Å². The summed E-state index contributed by atoms with van der Waals surface area (Å²) in [4.78, 5) is 0. The number of fused-ring (bicyclic) bond motifs is 2. The van der Waals surface area contributed by atoms with E-state index in [1.165, 1.54) is 19.3 Å². The summed E-state index contributed by atoms with van der Waals surface area (Å²) in [6, 6.07) is 0. The fraction of sp³-hybridized carbons (Fsp3) is 0.692. The van der Waals surface area contributed by atoms with Crippen LogP contribution in [0.25, 0.3) is 0 Å². The Morgan fingerprint density at radius 3 is 3.00 bits per heavy atom. The minimum Gasteiger partial charge on any atom is -0.495 e. The SMILES string of the molecule is C=C1CC2CCC(O1)C2C/C=C\CC. The van der Waals surface area contributed by atoms with Crippen molar-refractivity contribution in [3.05, 3.63) is 24.5 Å². The summed E-state index contributed by atoms with van der Waals surface area (Å²) < 4.78 is 5.79. The lowest BCUT2D eigenvalue weighted by atomic mass is 9.86. The molecule has 2 rings (SSSR count). The Balaban J connectivity index is 1.94. The van der Waals surface area contributed by atoms with Gasteiger partial charge >= 0.3 is 0 Å². The molecule has 2 bridgehead atoms. The summed E-state index contributed by atoms with van der Waals surface area (Å²) in [5.41, 5.74) is 0. The van der Waals surface area contributed by atoms with Crippen molar-refractivity contribution in [3.8, 4) is 0 Å². The first-order chi connectivity index (χ1) is 6.81. The summed E-state index contributed by atoms with van der Waals surface area (Å²) in [6.45, 7) is 6.13. The van der Waals surface area contributed by atoms with Crippen LogP contribution in [0.3, 0.4) is 0 Å². The van der Waals surface area contributed by atoms with Gasteiger partial charge < -0.3 is 4.74 Å². The van der Waals surface area contributed by atoms with E-state index >= 15 is 0 Å². The average molecular weight is 192 g/mol. The van der Waals surface area contributed by atoms with Crippen molar-refractivity contribution >= 4 is 0 Å². The molecule has 2 aliphatic rings. The lowest BCUT2D eigenvalue weighted by Crippen LogP contribution is -2.27. The quantitative estimate of drug-likeness (QED) is 0.620. The van der Waals surface area contributed by atoms with Gasteiger partial charge in [0.05, 0.1) is 5.76 Å². The van der Waals surface area contributed by atoms with Gasteiger partial charge in [-0.15, -0.1) is 0 Å². The van der Waals surface area contributed by atoms with Gasteiger partial charge in [0.15, 0.2) is 0 Å². The van der Waals surface area contributed by atoms with E-state index in [0.29, 0.717) is 6.10 Å². The predicted molar refractivity (Wildman–Crippen MR) is 58.9 cm³/mol. The monoisotopic (exact) mass is 192 g/mol. The zero-order valence-electron chi connectivity index (χ0n) is 9.04. The molecule has 1 heterocycles. The normalized spacial score (nSPS) is 36.4. The van der Waals surface area contributed by atoms with Crippen LogP contribution in [0, 0.1) is 11.8 Å². The molecule has 1 aliphatic heterocycles. The van der Waals surface area contributed by atoms with Crippen LogP contribution in [-0.4, -0.2) is 6.10 Å². The zero-order chi connectivity index (χ0) is 9.97. The molecule has 3 atom stereocenters. The van der Waals surface area contributed by atoms with E-state index in [0.717, 1.165) is 30.4 Å². The van der Waals surface area contributed by atoms with Gasteiger partial charge in [0.2, 0.25) is 0 Å². The third-order valence-electron chi connectivity index (χ3n) is 3.52. The standard InChI is InChI=1S/C13H20O/c1-3-4-5-6-12-11-7-8-13(12)14-10(2)9-11/h4-5,11-13H,2-3,6-9H2,1H3/b5-4-. The van der Waals surface area contributed by atoms with Crippen LogP contribution >= 0.6 is 0 Å². The Labute approximate surface area is 86.8 Å². The first kappa shape index (κ1) is 9.82. The molecule has 0 aromatic rings. The van der Waals surface area contributed by atoms with E-state index < -0.39 is 0 Å². The highest BCUT2D eigenvalue weighted by molar-refractivity contribution is 5.02. The molecule has 0 spiro atoms. The van der Waals surface area contributed by atoms with Gasteiger partial charge in [0.1, 0.15) is 6.10 Å². The Hall–Kier alpha value is -0.720. The van der Waals surface area contributed by atoms with Crippen molar-refractivity contribution in [2.45, 2.75) is 45.1 Å². The highest BCUT2D eigenvalue weighted by atomic mass is 16.5. The Morgan fingerprint density at radius 1 is 1.43 bits per heavy atom. The number of hydrogen-bond acceptors (Lipinski definition) is 1. The van der Waals surface area contributed by atoms with Crippen LogP contribution in [0.1, 0.15) is 39.0 Å². The van der Waals surface area contributed by atoms with Crippen LogP contribution < -0.4 is 0 Å². The highest BCUT2D eigenvalue weighted by Gasteiger charge is 2.40. The first-order valence-corrected chi connectivity index (χ1v) is 5.80. The van der Waals surface area contributed by atoms with E-state index in [1.54, 1.807) is 0 Å². The minimum absolute atomic E-state index is 0.475. The van der Waals surface area contributed by atoms with Crippen molar-refractivity contribution in [2.24, 2.45) is 11.8 Å². The van der Waals surface area contributed by atoms with Gasteiger partial charge in [0.25, 0.3) is 0 Å². The summed E-state index contributed by atoms with van der Waals surface area (Å²) >= 11 is 0. The number of rotatable bonds is 3. The molecule has 0 N–H and O–H groups in total. The van der Waals surface area contributed by atoms with Crippen LogP contribution in [0.5, 0.6) is 0 Å². The number of hydrogen-bond donors (Lipinski definition) is 0. The summed E-state index contributed by atoms with van der Waals surface area (Å²) in [5.74, 6) is 2.64. The van der Waals surface area contributed by atoms with Crippen molar-refractivity contribution in [1.82, 2.24) is 0 Å². The molecule has 1 nitrogen and oxygen atoms in total. The molecular weight excluding hydrogens is 172 g/mol. The van der Waals surface area contributed by atoms with Crippen LogP contribution in [-0.2, 0) is 4.74 Å². The van der Waals surface area contributed by atoms with Gasteiger partial charge in [0, 0.05) is 12.3 Å². The van der Waals surface area contributed by atoms with E-state index in [-0.39, 0.29) is 0 Å². The van der Waals surface area contributed by atoms with E-state index in [1.807, 2.05) is 0 Å². The maximum atomic E-state index is 5.79.